The van der Waals surface area contributed by atoms with Crippen molar-refractivity contribution in [3.8, 4) is 0 Å². The maximum Gasteiger partial charge on any atom is 0.0454 e. The van der Waals surface area contributed by atoms with Crippen molar-refractivity contribution < 1.29 is 0 Å². The molecule has 0 spiro atoms. The molecule has 1 fully saturated rings. The molecule has 0 aliphatic heterocycles. The Morgan fingerprint density at radius 1 is 1.39 bits per heavy atom. The molecule has 1 aromatic carbocycles. The summed E-state index contributed by atoms with van der Waals surface area (Å²) in [5, 5.41) is 0.861. The van der Waals surface area contributed by atoms with Crippen molar-refractivity contribution in [1.82, 2.24) is 4.90 Å². The molecule has 0 heterocycles. The van der Waals surface area contributed by atoms with Crippen LogP contribution < -0.4 is 5.73 Å². The summed E-state index contributed by atoms with van der Waals surface area (Å²) in [5.41, 5.74) is 7.96. The van der Waals surface area contributed by atoms with Gasteiger partial charge >= 0.3 is 0 Å². The number of halogens is 1. The van der Waals surface area contributed by atoms with Crippen molar-refractivity contribution in [2.24, 2.45) is 5.73 Å². The van der Waals surface area contributed by atoms with Gasteiger partial charge in [-0.25, -0.2) is 0 Å². The molecule has 1 aliphatic rings. The zero-order valence-electron chi connectivity index (χ0n) is 11.2. The van der Waals surface area contributed by atoms with Crippen LogP contribution in [0.25, 0.3) is 0 Å². The van der Waals surface area contributed by atoms with Gasteiger partial charge in [0.25, 0.3) is 0 Å². The molecule has 2 N–H and O–H groups in total. The molecule has 1 saturated carbocycles. The van der Waals surface area contributed by atoms with Crippen LogP contribution in [0.5, 0.6) is 0 Å². The minimum Gasteiger partial charge on any atom is -0.326 e. The van der Waals surface area contributed by atoms with Crippen LogP contribution in [0.4, 0.5) is 0 Å². The van der Waals surface area contributed by atoms with Gasteiger partial charge < -0.3 is 5.73 Å². The van der Waals surface area contributed by atoms with E-state index in [1.165, 1.54) is 37.8 Å². The minimum atomic E-state index is 0.558. The van der Waals surface area contributed by atoms with Gasteiger partial charge in [0.05, 0.1) is 0 Å². The highest BCUT2D eigenvalue weighted by Gasteiger charge is 2.28. The molecular formula is C15H23ClN2. The van der Waals surface area contributed by atoms with E-state index in [9.17, 15) is 0 Å². The fourth-order valence-corrected chi connectivity index (χ4v) is 2.52. The number of benzene rings is 1. The fourth-order valence-electron chi connectivity index (χ4n) is 2.26. The third kappa shape index (κ3) is 3.71. The average Bonchev–Trinajstić information content (AvgIpc) is 3.20. The summed E-state index contributed by atoms with van der Waals surface area (Å²) in [6, 6.07) is 7.02. The normalized spacial score (nSPS) is 15.3. The third-order valence-electron chi connectivity index (χ3n) is 3.59. The van der Waals surface area contributed by atoms with Crippen molar-refractivity contribution >= 4 is 11.6 Å². The van der Waals surface area contributed by atoms with Crippen LogP contribution in [0.1, 0.15) is 43.7 Å². The Hall–Kier alpha value is -0.570. The molecule has 1 aromatic rings. The van der Waals surface area contributed by atoms with Crippen molar-refractivity contribution in [1.29, 1.82) is 0 Å². The maximum absolute atomic E-state index is 6.33. The van der Waals surface area contributed by atoms with Gasteiger partial charge in [0, 0.05) is 24.2 Å². The van der Waals surface area contributed by atoms with Gasteiger partial charge in [-0.1, -0.05) is 37.1 Å². The molecule has 1 aliphatic carbocycles. The lowest BCUT2D eigenvalue weighted by molar-refractivity contribution is 0.251. The number of nitrogens with two attached hydrogens (primary N) is 1. The van der Waals surface area contributed by atoms with Crippen LogP contribution in [-0.2, 0) is 13.1 Å². The zero-order valence-corrected chi connectivity index (χ0v) is 11.9. The zero-order chi connectivity index (χ0) is 13.0. The second kappa shape index (κ2) is 6.55. The van der Waals surface area contributed by atoms with E-state index in [1.807, 2.05) is 6.07 Å². The number of hydrogen-bond acceptors (Lipinski definition) is 2. The van der Waals surface area contributed by atoms with Crippen LogP contribution in [0.2, 0.25) is 5.02 Å². The highest BCUT2D eigenvalue weighted by Crippen LogP contribution is 2.30. The molecule has 3 heteroatoms. The Bertz CT molecular complexity index is 388. The summed E-state index contributed by atoms with van der Waals surface area (Å²) < 4.78 is 0. The standard InChI is InChI=1S/C15H23ClN2/c1-2-3-8-18(14-6-7-14)11-13-5-4-12(10-17)9-15(13)16/h4-5,9,14H,2-3,6-8,10-11,17H2,1H3. The molecule has 0 saturated heterocycles. The summed E-state index contributed by atoms with van der Waals surface area (Å²) in [6.07, 6.45) is 5.22. The van der Waals surface area contributed by atoms with Crippen LogP contribution in [0, 0.1) is 0 Å². The first-order valence-corrected chi connectivity index (χ1v) is 7.33. The van der Waals surface area contributed by atoms with Gasteiger partial charge in [-0.05, 0) is 43.0 Å². The second-order valence-electron chi connectivity index (χ2n) is 5.19. The van der Waals surface area contributed by atoms with Crippen LogP contribution in [0.3, 0.4) is 0 Å². The molecular weight excluding hydrogens is 244 g/mol. The molecule has 2 nitrogen and oxygen atoms in total. The number of unbranched alkanes of at least 4 members (excludes halogenated alkanes) is 1. The summed E-state index contributed by atoms with van der Waals surface area (Å²) in [7, 11) is 0. The van der Waals surface area contributed by atoms with E-state index in [4.69, 9.17) is 17.3 Å². The van der Waals surface area contributed by atoms with Gasteiger partial charge in [0.15, 0.2) is 0 Å². The lowest BCUT2D eigenvalue weighted by Gasteiger charge is -2.22. The Morgan fingerprint density at radius 3 is 2.72 bits per heavy atom. The second-order valence-corrected chi connectivity index (χ2v) is 5.59. The molecule has 0 bridgehead atoms. The lowest BCUT2D eigenvalue weighted by atomic mass is 10.1. The lowest BCUT2D eigenvalue weighted by Crippen LogP contribution is -2.26. The van der Waals surface area contributed by atoms with Crippen molar-refractivity contribution in [2.45, 2.75) is 51.7 Å². The molecule has 0 atom stereocenters. The van der Waals surface area contributed by atoms with E-state index >= 15 is 0 Å². The largest absolute Gasteiger partial charge is 0.326 e. The van der Waals surface area contributed by atoms with Gasteiger partial charge in [0.1, 0.15) is 0 Å². The summed E-state index contributed by atoms with van der Waals surface area (Å²) >= 11 is 6.33. The predicted molar refractivity (Wildman–Crippen MR) is 77.7 cm³/mol. The van der Waals surface area contributed by atoms with Gasteiger partial charge in [0.2, 0.25) is 0 Å². The highest BCUT2D eigenvalue weighted by molar-refractivity contribution is 6.31. The highest BCUT2D eigenvalue weighted by atomic mass is 35.5. The molecule has 18 heavy (non-hydrogen) atoms. The molecule has 0 unspecified atom stereocenters. The Kier molecular flexibility index (Phi) is 5.04. The van der Waals surface area contributed by atoms with Crippen molar-refractivity contribution in [3.63, 3.8) is 0 Å². The van der Waals surface area contributed by atoms with E-state index in [-0.39, 0.29) is 0 Å². The van der Waals surface area contributed by atoms with Crippen LogP contribution in [-0.4, -0.2) is 17.5 Å². The third-order valence-corrected chi connectivity index (χ3v) is 3.94. The van der Waals surface area contributed by atoms with Crippen LogP contribution >= 0.6 is 11.6 Å². The first kappa shape index (κ1) is 13.9. The summed E-state index contributed by atoms with van der Waals surface area (Å²) in [4.78, 5) is 2.58. The number of hydrogen-bond donors (Lipinski definition) is 1. The molecule has 0 aromatic heterocycles. The van der Waals surface area contributed by atoms with Gasteiger partial charge in [-0.2, -0.15) is 0 Å². The van der Waals surface area contributed by atoms with Crippen molar-refractivity contribution in [3.05, 3.63) is 34.3 Å². The summed E-state index contributed by atoms with van der Waals surface area (Å²) in [6.45, 7) is 4.97. The fraction of sp³-hybridized carbons (Fsp3) is 0.600. The van der Waals surface area contributed by atoms with E-state index in [2.05, 4.69) is 24.0 Å². The van der Waals surface area contributed by atoms with Crippen LogP contribution in [0.15, 0.2) is 18.2 Å². The van der Waals surface area contributed by atoms with E-state index in [0.717, 1.165) is 23.2 Å². The average molecular weight is 267 g/mol. The number of nitrogens with zero attached hydrogens (tertiary/aromatic N) is 1. The molecule has 0 amide bonds. The first-order valence-electron chi connectivity index (χ1n) is 6.96. The topological polar surface area (TPSA) is 29.3 Å². The molecule has 0 radical (unpaired) electrons. The smallest absolute Gasteiger partial charge is 0.0454 e. The minimum absolute atomic E-state index is 0.558. The van der Waals surface area contributed by atoms with E-state index in [1.54, 1.807) is 0 Å². The number of rotatable bonds is 7. The molecule has 2 rings (SSSR count). The SMILES string of the molecule is CCCCN(Cc1ccc(CN)cc1Cl)C1CC1. The van der Waals surface area contributed by atoms with Gasteiger partial charge in [-0.3, -0.25) is 4.90 Å². The monoisotopic (exact) mass is 266 g/mol. The van der Waals surface area contributed by atoms with Crippen molar-refractivity contribution in [2.75, 3.05) is 6.54 Å². The maximum atomic E-state index is 6.33. The Balaban J connectivity index is 2.01. The van der Waals surface area contributed by atoms with Gasteiger partial charge in [-0.15, -0.1) is 0 Å². The van der Waals surface area contributed by atoms with E-state index in [0.29, 0.717) is 6.54 Å². The Morgan fingerprint density at radius 2 is 2.17 bits per heavy atom. The predicted octanol–water partition coefficient (Wildman–Crippen LogP) is 3.56. The first-order chi connectivity index (χ1) is 8.74. The van der Waals surface area contributed by atoms with E-state index < -0.39 is 0 Å². The molecule has 100 valence electrons. The Labute approximate surface area is 115 Å². The quantitative estimate of drug-likeness (QED) is 0.818. The summed E-state index contributed by atoms with van der Waals surface area (Å²) in [5.74, 6) is 0.